The molecule has 1 atom stereocenters. The van der Waals surface area contributed by atoms with Crippen molar-refractivity contribution in [2.24, 2.45) is 0 Å². The maximum Gasteiger partial charge on any atom is 0.224 e. The van der Waals surface area contributed by atoms with Crippen molar-refractivity contribution < 1.29 is 4.39 Å². The van der Waals surface area contributed by atoms with E-state index in [0.717, 1.165) is 13.0 Å². The fourth-order valence-corrected chi connectivity index (χ4v) is 4.01. The minimum absolute atomic E-state index is 0.110. The van der Waals surface area contributed by atoms with E-state index in [1.54, 1.807) is 29.7 Å². The van der Waals surface area contributed by atoms with Crippen molar-refractivity contribution >= 4 is 28.8 Å². The third kappa shape index (κ3) is 5.67. The van der Waals surface area contributed by atoms with Crippen molar-refractivity contribution in [3.05, 3.63) is 64.2 Å². The van der Waals surface area contributed by atoms with Crippen LogP contribution in [-0.4, -0.2) is 28.7 Å². The zero-order chi connectivity index (χ0) is 21.5. The Morgan fingerprint density at radius 3 is 2.67 bits per heavy atom. The Morgan fingerprint density at radius 1 is 1.17 bits per heavy atom. The summed E-state index contributed by atoms with van der Waals surface area (Å²) in [5, 5.41) is 8.73. The van der Waals surface area contributed by atoms with Crippen LogP contribution in [0.25, 0.3) is 0 Å². The molecule has 1 unspecified atom stereocenters. The molecular formula is C22H29FN6S. The number of anilines is 3. The smallest absolute Gasteiger partial charge is 0.224 e. The highest BCUT2D eigenvalue weighted by atomic mass is 32.1. The molecule has 3 aromatic rings. The Labute approximate surface area is 181 Å². The highest BCUT2D eigenvalue weighted by molar-refractivity contribution is 7.09. The molecule has 3 rings (SSSR count). The van der Waals surface area contributed by atoms with Crippen molar-refractivity contribution in [1.82, 2.24) is 15.3 Å². The highest BCUT2D eigenvalue weighted by Gasteiger charge is 2.22. The lowest BCUT2D eigenvalue weighted by atomic mass is 10.2. The molecule has 0 saturated carbocycles. The zero-order valence-electron chi connectivity index (χ0n) is 17.6. The van der Waals surface area contributed by atoms with E-state index in [0.29, 0.717) is 29.6 Å². The predicted molar refractivity (Wildman–Crippen MR) is 123 cm³/mol. The van der Waals surface area contributed by atoms with Crippen molar-refractivity contribution in [3.8, 4) is 0 Å². The van der Waals surface area contributed by atoms with Crippen LogP contribution in [0.4, 0.5) is 21.8 Å². The van der Waals surface area contributed by atoms with E-state index in [1.165, 1.54) is 10.9 Å². The number of thiophene rings is 1. The predicted octanol–water partition coefficient (Wildman–Crippen LogP) is 4.26. The maximum absolute atomic E-state index is 14.0. The molecule has 6 nitrogen and oxygen atoms in total. The summed E-state index contributed by atoms with van der Waals surface area (Å²) in [5.41, 5.74) is 7.35. The SMILES string of the molecule is CC(C)N(c1nc(NCCc2cccs2)ncc1N)C(C)NCc1ccccc1F. The lowest BCUT2D eigenvalue weighted by Gasteiger charge is -2.35. The van der Waals surface area contributed by atoms with E-state index in [9.17, 15) is 4.39 Å². The average molecular weight is 429 g/mol. The molecule has 4 N–H and O–H groups in total. The monoisotopic (exact) mass is 428 g/mol. The van der Waals surface area contributed by atoms with Crippen LogP contribution in [0.5, 0.6) is 0 Å². The van der Waals surface area contributed by atoms with Gasteiger partial charge in [-0.15, -0.1) is 11.3 Å². The second-order valence-corrected chi connectivity index (χ2v) is 8.41. The maximum atomic E-state index is 14.0. The topological polar surface area (TPSA) is 79.1 Å². The Hall–Kier alpha value is -2.71. The van der Waals surface area contributed by atoms with Gasteiger partial charge in [0.2, 0.25) is 5.95 Å². The van der Waals surface area contributed by atoms with E-state index < -0.39 is 0 Å². The van der Waals surface area contributed by atoms with Gasteiger partial charge in [0, 0.05) is 29.6 Å². The lowest BCUT2D eigenvalue weighted by molar-refractivity contribution is 0.472. The Balaban J connectivity index is 1.69. The Kier molecular flexibility index (Phi) is 7.59. The van der Waals surface area contributed by atoms with Gasteiger partial charge in [-0.05, 0) is 44.7 Å². The molecule has 30 heavy (non-hydrogen) atoms. The van der Waals surface area contributed by atoms with E-state index in [2.05, 4.69) is 50.8 Å². The van der Waals surface area contributed by atoms with Crippen LogP contribution in [-0.2, 0) is 13.0 Å². The largest absolute Gasteiger partial charge is 0.394 e. The molecule has 1 aromatic carbocycles. The molecule has 160 valence electrons. The number of aromatic nitrogens is 2. The molecule has 0 saturated heterocycles. The first-order valence-electron chi connectivity index (χ1n) is 10.1. The van der Waals surface area contributed by atoms with E-state index >= 15 is 0 Å². The number of rotatable bonds is 10. The van der Waals surface area contributed by atoms with E-state index in [-0.39, 0.29) is 18.0 Å². The summed E-state index contributed by atoms with van der Waals surface area (Å²) in [5.74, 6) is 0.988. The standard InChI is InChI=1S/C22H29FN6S/c1-15(2)29(16(3)26-13-17-7-4-5-9-19(17)23)21-20(24)14-27-22(28-21)25-11-10-18-8-6-12-30-18/h4-9,12,14-16,26H,10-11,13,24H2,1-3H3,(H,25,27,28). The quantitative estimate of drug-likeness (QED) is 0.419. The summed E-state index contributed by atoms with van der Waals surface area (Å²) in [6.07, 6.45) is 2.44. The van der Waals surface area contributed by atoms with Gasteiger partial charge in [-0.2, -0.15) is 4.98 Å². The van der Waals surface area contributed by atoms with E-state index in [1.807, 2.05) is 19.1 Å². The first kappa shape index (κ1) is 22.0. The molecule has 0 spiro atoms. The lowest BCUT2D eigenvalue weighted by Crippen LogP contribution is -2.48. The molecule has 2 heterocycles. The molecule has 0 amide bonds. The van der Waals surface area contributed by atoms with Crippen LogP contribution < -0.4 is 21.3 Å². The molecule has 0 aliphatic carbocycles. The van der Waals surface area contributed by atoms with Crippen molar-refractivity contribution in [2.45, 2.75) is 45.9 Å². The number of nitrogens with two attached hydrogens (primary N) is 1. The number of benzene rings is 1. The molecule has 2 aromatic heterocycles. The van der Waals surface area contributed by atoms with Crippen LogP contribution in [0.1, 0.15) is 31.2 Å². The normalized spacial score (nSPS) is 12.2. The summed E-state index contributed by atoms with van der Waals surface area (Å²) in [6, 6.07) is 11.1. The van der Waals surface area contributed by atoms with Crippen molar-refractivity contribution in [3.63, 3.8) is 0 Å². The van der Waals surface area contributed by atoms with Crippen LogP contribution in [0.15, 0.2) is 48.0 Å². The third-order valence-corrected chi connectivity index (χ3v) is 5.73. The van der Waals surface area contributed by atoms with Gasteiger partial charge in [0.25, 0.3) is 0 Å². The van der Waals surface area contributed by atoms with Crippen molar-refractivity contribution in [1.29, 1.82) is 0 Å². The summed E-state index contributed by atoms with van der Waals surface area (Å²) in [7, 11) is 0. The summed E-state index contributed by atoms with van der Waals surface area (Å²) < 4.78 is 14.0. The Morgan fingerprint density at radius 2 is 1.97 bits per heavy atom. The molecular weight excluding hydrogens is 399 g/mol. The first-order valence-corrected chi connectivity index (χ1v) is 11.0. The molecule has 0 aliphatic rings. The fraction of sp³-hybridized carbons (Fsp3) is 0.364. The summed E-state index contributed by atoms with van der Waals surface area (Å²) in [6.45, 7) is 7.33. The Bertz CT molecular complexity index is 931. The molecule has 0 aliphatic heterocycles. The summed E-state index contributed by atoms with van der Waals surface area (Å²) >= 11 is 1.74. The van der Waals surface area contributed by atoms with Gasteiger partial charge < -0.3 is 16.0 Å². The first-order chi connectivity index (χ1) is 14.5. The van der Waals surface area contributed by atoms with Gasteiger partial charge in [0.05, 0.1) is 18.1 Å². The fourth-order valence-electron chi connectivity index (χ4n) is 3.30. The van der Waals surface area contributed by atoms with Gasteiger partial charge in [-0.25, -0.2) is 9.37 Å². The van der Waals surface area contributed by atoms with Crippen molar-refractivity contribution in [2.75, 3.05) is 22.5 Å². The van der Waals surface area contributed by atoms with Crippen LogP contribution in [0, 0.1) is 5.82 Å². The number of nitrogens with one attached hydrogen (secondary N) is 2. The van der Waals surface area contributed by atoms with Crippen LogP contribution in [0.2, 0.25) is 0 Å². The zero-order valence-corrected chi connectivity index (χ0v) is 18.4. The summed E-state index contributed by atoms with van der Waals surface area (Å²) in [4.78, 5) is 12.4. The highest BCUT2D eigenvalue weighted by Crippen LogP contribution is 2.25. The molecule has 0 bridgehead atoms. The number of halogens is 1. The average Bonchev–Trinajstić information content (AvgIpc) is 3.23. The number of nitrogen functional groups attached to an aromatic ring is 1. The number of hydrogen-bond donors (Lipinski definition) is 3. The minimum atomic E-state index is -0.216. The molecule has 0 radical (unpaired) electrons. The van der Waals surface area contributed by atoms with Crippen LogP contribution in [0.3, 0.4) is 0 Å². The minimum Gasteiger partial charge on any atom is -0.394 e. The van der Waals surface area contributed by atoms with Gasteiger partial charge >= 0.3 is 0 Å². The number of hydrogen-bond acceptors (Lipinski definition) is 7. The van der Waals surface area contributed by atoms with Crippen LogP contribution >= 0.6 is 11.3 Å². The van der Waals surface area contributed by atoms with Gasteiger partial charge in [-0.3, -0.25) is 5.32 Å². The van der Waals surface area contributed by atoms with Gasteiger partial charge in [0.1, 0.15) is 5.82 Å². The van der Waals surface area contributed by atoms with Gasteiger partial charge in [-0.1, -0.05) is 24.3 Å². The second kappa shape index (κ2) is 10.4. The molecule has 0 fully saturated rings. The van der Waals surface area contributed by atoms with E-state index in [4.69, 9.17) is 5.73 Å². The third-order valence-electron chi connectivity index (χ3n) is 4.79. The second-order valence-electron chi connectivity index (χ2n) is 7.38. The number of nitrogens with zero attached hydrogens (tertiary/aromatic N) is 3. The molecule has 8 heteroatoms. The van der Waals surface area contributed by atoms with Gasteiger partial charge in [0.15, 0.2) is 5.82 Å².